The van der Waals surface area contributed by atoms with Gasteiger partial charge in [0.25, 0.3) is 5.91 Å². The van der Waals surface area contributed by atoms with Gasteiger partial charge in [0.1, 0.15) is 0 Å². The van der Waals surface area contributed by atoms with E-state index in [1.807, 2.05) is 0 Å². The molecular formula is C13H9ClN2O2. The second-order valence-electron chi connectivity index (χ2n) is 3.47. The van der Waals surface area contributed by atoms with Crippen LogP contribution in [0.2, 0.25) is 5.02 Å². The minimum absolute atomic E-state index is 0.155. The Morgan fingerprint density at radius 2 is 2.17 bits per heavy atom. The summed E-state index contributed by atoms with van der Waals surface area (Å²) in [5, 5.41) is 6.81. The zero-order chi connectivity index (χ0) is 13.0. The van der Waals surface area contributed by atoms with Crippen LogP contribution in [-0.2, 0) is 0 Å². The average molecular weight is 261 g/mol. The molecule has 0 unspecified atom stereocenters. The van der Waals surface area contributed by atoms with Gasteiger partial charge in [0.2, 0.25) is 0 Å². The van der Waals surface area contributed by atoms with Gasteiger partial charge in [-0.2, -0.15) is 0 Å². The number of carbonyl (C=O) groups is 1. The number of nitrogens with one attached hydrogen (secondary N) is 1. The predicted octanol–water partition coefficient (Wildman–Crippen LogP) is 2.36. The molecule has 1 aromatic heterocycles. The molecule has 0 atom stereocenters. The molecule has 0 bridgehead atoms. The van der Waals surface area contributed by atoms with E-state index in [0.29, 0.717) is 10.8 Å². The molecule has 4 nitrogen and oxygen atoms in total. The molecule has 0 spiro atoms. The number of hydrogen-bond acceptors (Lipinski definition) is 3. The van der Waals surface area contributed by atoms with Gasteiger partial charge in [-0.25, -0.2) is 0 Å². The third-order valence-corrected chi connectivity index (χ3v) is 2.47. The lowest BCUT2D eigenvalue weighted by Gasteiger charge is -1.95. The standard InChI is InChI=1S/C13H9ClN2O2/c1-2-7-15-13(17)11-8-12(18-16-11)9-3-5-10(14)6-4-9/h1,3-6,8H,7H2,(H,15,17). The molecule has 0 saturated heterocycles. The Hall–Kier alpha value is -2.25. The Kier molecular flexibility index (Phi) is 3.66. The second-order valence-corrected chi connectivity index (χ2v) is 3.91. The fourth-order valence-corrected chi connectivity index (χ4v) is 1.48. The number of terminal acetylenes is 1. The average Bonchev–Trinajstić information content (AvgIpc) is 2.86. The van der Waals surface area contributed by atoms with Crippen LogP contribution in [0.15, 0.2) is 34.9 Å². The lowest BCUT2D eigenvalue weighted by atomic mass is 10.1. The summed E-state index contributed by atoms with van der Waals surface area (Å²) in [5.74, 6) is 2.44. The number of aromatic nitrogens is 1. The first kappa shape index (κ1) is 12.2. The lowest BCUT2D eigenvalue weighted by molar-refractivity contribution is 0.0950. The summed E-state index contributed by atoms with van der Waals surface area (Å²) in [6, 6.07) is 8.59. The first-order chi connectivity index (χ1) is 8.70. The Labute approximate surface area is 109 Å². The molecule has 1 aromatic carbocycles. The molecule has 1 heterocycles. The van der Waals surface area contributed by atoms with Crippen molar-refractivity contribution in [1.82, 2.24) is 10.5 Å². The fourth-order valence-electron chi connectivity index (χ4n) is 1.35. The minimum Gasteiger partial charge on any atom is -0.355 e. The highest BCUT2D eigenvalue weighted by Crippen LogP contribution is 2.22. The van der Waals surface area contributed by atoms with Crippen LogP contribution in [-0.4, -0.2) is 17.6 Å². The molecule has 0 aliphatic heterocycles. The van der Waals surface area contributed by atoms with Crippen LogP contribution in [0.5, 0.6) is 0 Å². The van der Waals surface area contributed by atoms with E-state index in [9.17, 15) is 4.79 Å². The van der Waals surface area contributed by atoms with Crippen molar-refractivity contribution < 1.29 is 9.32 Å². The van der Waals surface area contributed by atoms with Gasteiger partial charge in [-0.1, -0.05) is 22.7 Å². The smallest absolute Gasteiger partial charge is 0.274 e. The number of amides is 1. The first-order valence-electron chi connectivity index (χ1n) is 5.15. The van der Waals surface area contributed by atoms with Crippen molar-refractivity contribution in [2.45, 2.75) is 0 Å². The zero-order valence-electron chi connectivity index (χ0n) is 9.31. The highest BCUT2D eigenvalue weighted by atomic mass is 35.5. The summed E-state index contributed by atoms with van der Waals surface area (Å²) in [6.45, 7) is 0.155. The monoisotopic (exact) mass is 260 g/mol. The summed E-state index contributed by atoms with van der Waals surface area (Å²) in [5.41, 5.74) is 0.984. The zero-order valence-corrected chi connectivity index (χ0v) is 10.1. The Balaban J connectivity index is 2.18. The molecular weight excluding hydrogens is 252 g/mol. The van der Waals surface area contributed by atoms with Crippen molar-refractivity contribution in [2.75, 3.05) is 6.54 Å². The maximum Gasteiger partial charge on any atom is 0.274 e. The summed E-state index contributed by atoms with van der Waals surface area (Å²) >= 11 is 5.78. The Morgan fingerprint density at radius 1 is 1.44 bits per heavy atom. The molecule has 0 fully saturated rings. The van der Waals surface area contributed by atoms with E-state index in [0.717, 1.165) is 5.56 Å². The number of nitrogens with zero attached hydrogens (tertiary/aromatic N) is 1. The van der Waals surface area contributed by atoms with Crippen molar-refractivity contribution in [3.8, 4) is 23.7 Å². The number of rotatable bonds is 3. The van der Waals surface area contributed by atoms with Crippen LogP contribution in [0.4, 0.5) is 0 Å². The summed E-state index contributed by atoms with van der Waals surface area (Å²) < 4.78 is 5.09. The molecule has 18 heavy (non-hydrogen) atoms. The molecule has 2 rings (SSSR count). The van der Waals surface area contributed by atoms with Gasteiger partial charge in [0.15, 0.2) is 11.5 Å². The number of halogens is 1. The summed E-state index contributed by atoms with van der Waals surface area (Å²) in [4.78, 5) is 11.6. The van der Waals surface area contributed by atoms with E-state index in [2.05, 4.69) is 16.4 Å². The van der Waals surface area contributed by atoms with E-state index >= 15 is 0 Å². The lowest BCUT2D eigenvalue weighted by Crippen LogP contribution is -2.23. The number of carbonyl (C=O) groups excluding carboxylic acids is 1. The van der Waals surface area contributed by atoms with Crippen molar-refractivity contribution in [2.24, 2.45) is 0 Å². The van der Waals surface area contributed by atoms with Gasteiger partial charge in [-0.15, -0.1) is 6.42 Å². The third kappa shape index (κ3) is 2.70. The van der Waals surface area contributed by atoms with E-state index in [1.54, 1.807) is 30.3 Å². The molecule has 0 saturated carbocycles. The minimum atomic E-state index is -0.364. The van der Waals surface area contributed by atoms with Gasteiger partial charge in [0, 0.05) is 16.7 Å². The fraction of sp³-hybridized carbons (Fsp3) is 0.0769. The van der Waals surface area contributed by atoms with Crippen molar-refractivity contribution in [3.05, 3.63) is 41.0 Å². The van der Waals surface area contributed by atoms with Crippen LogP contribution in [0.1, 0.15) is 10.5 Å². The van der Waals surface area contributed by atoms with E-state index in [-0.39, 0.29) is 18.1 Å². The topological polar surface area (TPSA) is 55.1 Å². The highest BCUT2D eigenvalue weighted by molar-refractivity contribution is 6.30. The predicted molar refractivity (Wildman–Crippen MR) is 68.1 cm³/mol. The number of hydrogen-bond donors (Lipinski definition) is 1. The van der Waals surface area contributed by atoms with E-state index < -0.39 is 0 Å². The van der Waals surface area contributed by atoms with Gasteiger partial charge < -0.3 is 9.84 Å². The molecule has 2 aromatic rings. The van der Waals surface area contributed by atoms with Gasteiger partial charge in [0.05, 0.1) is 6.54 Å². The number of benzene rings is 1. The van der Waals surface area contributed by atoms with Crippen LogP contribution < -0.4 is 5.32 Å². The third-order valence-electron chi connectivity index (χ3n) is 2.22. The van der Waals surface area contributed by atoms with Crippen LogP contribution in [0, 0.1) is 12.3 Å². The SMILES string of the molecule is C#CCNC(=O)c1cc(-c2ccc(Cl)cc2)on1. The van der Waals surface area contributed by atoms with Crippen LogP contribution in [0.25, 0.3) is 11.3 Å². The van der Waals surface area contributed by atoms with Gasteiger partial charge in [-0.3, -0.25) is 4.79 Å². The molecule has 90 valence electrons. The summed E-state index contributed by atoms with van der Waals surface area (Å²) in [6.07, 6.45) is 5.04. The van der Waals surface area contributed by atoms with Crippen LogP contribution in [0.3, 0.4) is 0 Å². The Bertz CT molecular complexity index is 596. The van der Waals surface area contributed by atoms with Gasteiger partial charge in [-0.05, 0) is 24.3 Å². The molecule has 0 aliphatic rings. The van der Waals surface area contributed by atoms with Gasteiger partial charge >= 0.3 is 0 Å². The highest BCUT2D eigenvalue weighted by Gasteiger charge is 2.12. The first-order valence-corrected chi connectivity index (χ1v) is 5.53. The molecule has 1 amide bonds. The molecule has 1 N–H and O–H groups in total. The molecule has 0 aliphatic carbocycles. The molecule has 5 heteroatoms. The van der Waals surface area contributed by atoms with E-state index in [1.165, 1.54) is 0 Å². The quantitative estimate of drug-likeness (QED) is 0.862. The summed E-state index contributed by atoms with van der Waals surface area (Å²) in [7, 11) is 0. The van der Waals surface area contributed by atoms with Crippen LogP contribution >= 0.6 is 11.6 Å². The maximum absolute atomic E-state index is 11.6. The molecule has 0 radical (unpaired) electrons. The largest absolute Gasteiger partial charge is 0.355 e. The maximum atomic E-state index is 11.6. The van der Waals surface area contributed by atoms with E-state index in [4.69, 9.17) is 22.5 Å². The Morgan fingerprint density at radius 3 is 2.83 bits per heavy atom. The second kappa shape index (κ2) is 5.39. The normalized spacial score (nSPS) is 9.78. The van der Waals surface area contributed by atoms with Crippen molar-refractivity contribution in [1.29, 1.82) is 0 Å². The van der Waals surface area contributed by atoms with Crippen molar-refractivity contribution in [3.63, 3.8) is 0 Å². The van der Waals surface area contributed by atoms with Crippen molar-refractivity contribution >= 4 is 17.5 Å².